The number of amides is 1. The number of aromatic nitrogens is 1. The number of nitrogens with zero attached hydrogens (tertiary/aromatic N) is 4. The van der Waals surface area contributed by atoms with Gasteiger partial charge in [-0.15, -0.1) is 5.10 Å². The predicted octanol–water partition coefficient (Wildman–Crippen LogP) is 1.79. The summed E-state index contributed by atoms with van der Waals surface area (Å²) in [7, 11) is 5.52. The van der Waals surface area contributed by atoms with Crippen LogP contribution in [0.2, 0.25) is 0 Å². The summed E-state index contributed by atoms with van der Waals surface area (Å²) in [5, 5.41) is 15.1. The summed E-state index contributed by atoms with van der Waals surface area (Å²) in [6, 6.07) is 11.8. The first-order chi connectivity index (χ1) is 15.6. The van der Waals surface area contributed by atoms with E-state index < -0.39 is 5.97 Å². The number of anilines is 2. The summed E-state index contributed by atoms with van der Waals surface area (Å²) in [5.74, 6) is -1.42. The van der Waals surface area contributed by atoms with Crippen LogP contribution in [0.4, 0.5) is 11.4 Å². The number of fused-ring (bicyclic) bond motifs is 1. The highest BCUT2D eigenvalue weighted by Crippen LogP contribution is 2.21. The van der Waals surface area contributed by atoms with Gasteiger partial charge in [0.05, 0.1) is 16.8 Å². The molecule has 0 saturated carbocycles. The molecule has 1 aromatic heterocycles. The van der Waals surface area contributed by atoms with Gasteiger partial charge in [0.15, 0.2) is 5.49 Å². The van der Waals surface area contributed by atoms with Gasteiger partial charge in [-0.05, 0) is 73.0 Å². The zero-order chi connectivity index (χ0) is 24.0. The van der Waals surface area contributed by atoms with E-state index in [1.807, 2.05) is 50.2 Å². The summed E-state index contributed by atoms with van der Waals surface area (Å²) in [6.45, 7) is 3.73. The molecule has 8 heteroatoms. The Morgan fingerprint density at radius 3 is 2.30 bits per heavy atom. The highest BCUT2D eigenvalue weighted by Gasteiger charge is 2.29. The Hall–Kier alpha value is -4.20. The third kappa shape index (κ3) is 3.69. The molecule has 0 spiro atoms. The standard InChI is InChI=1S/C25H24N4O4/c1-14-12-19(27(3)4)11-8-17(14)13-20-15(2)21-22(28(5)23(20)30)26-29(24(21)31)18-9-6-16(7-10-18)25(32)33/h6-13H,1-5H3,(H,32,33)/b20-13-. The molecule has 2 heterocycles. The Morgan fingerprint density at radius 1 is 1.06 bits per heavy atom. The van der Waals surface area contributed by atoms with Crippen LogP contribution in [0, 0.1) is 13.8 Å². The molecule has 8 nitrogen and oxygen atoms in total. The van der Waals surface area contributed by atoms with Gasteiger partial charge in [-0.2, -0.15) is 5.01 Å². The van der Waals surface area contributed by atoms with Crippen molar-refractivity contribution in [3.63, 3.8) is 0 Å². The van der Waals surface area contributed by atoms with E-state index in [2.05, 4.69) is 5.10 Å². The van der Waals surface area contributed by atoms with Gasteiger partial charge in [-0.25, -0.2) is 4.79 Å². The van der Waals surface area contributed by atoms with Gasteiger partial charge >= 0.3 is 5.97 Å². The zero-order valence-electron chi connectivity index (χ0n) is 19.1. The van der Waals surface area contributed by atoms with Crippen molar-refractivity contribution >= 4 is 29.3 Å². The van der Waals surface area contributed by atoms with Crippen LogP contribution >= 0.6 is 0 Å². The van der Waals surface area contributed by atoms with E-state index in [0.717, 1.165) is 16.8 Å². The van der Waals surface area contributed by atoms with E-state index in [0.29, 0.717) is 22.0 Å². The molecule has 168 valence electrons. The smallest absolute Gasteiger partial charge is 0.335 e. The second kappa shape index (κ2) is 8.05. The largest absolute Gasteiger partial charge is 0.478 e. The number of hydrogen-bond acceptors (Lipinski definition) is 5. The Morgan fingerprint density at radius 2 is 1.73 bits per heavy atom. The minimum atomic E-state index is -1.05. The first-order valence-corrected chi connectivity index (χ1v) is 10.4. The number of benzene rings is 2. The first-order valence-electron chi connectivity index (χ1n) is 10.4. The molecular weight excluding hydrogens is 420 g/mol. The maximum absolute atomic E-state index is 13.3. The van der Waals surface area contributed by atoms with Gasteiger partial charge in [-0.1, -0.05) is 6.07 Å². The highest BCUT2D eigenvalue weighted by molar-refractivity contribution is 6.08. The van der Waals surface area contributed by atoms with Crippen molar-refractivity contribution < 1.29 is 14.7 Å². The lowest BCUT2D eigenvalue weighted by Gasteiger charge is -2.14. The van der Waals surface area contributed by atoms with Crippen LogP contribution in [0.1, 0.15) is 37.4 Å². The lowest BCUT2D eigenvalue weighted by Crippen LogP contribution is -2.44. The van der Waals surface area contributed by atoms with Crippen molar-refractivity contribution in [1.82, 2.24) is 4.57 Å². The molecule has 33 heavy (non-hydrogen) atoms. The van der Waals surface area contributed by atoms with Crippen LogP contribution in [0.25, 0.3) is 6.08 Å². The van der Waals surface area contributed by atoms with Gasteiger partial charge in [0.2, 0.25) is 0 Å². The van der Waals surface area contributed by atoms with Gasteiger partial charge in [-0.3, -0.25) is 14.2 Å². The van der Waals surface area contributed by atoms with Crippen LogP contribution in [-0.2, 0) is 7.05 Å². The van der Waals surface area contributed by atoms with E-state index in [9.17, 15) is 14.4 Å². The van der Waals surface area contributed by atoms with Crippen LogP contribution in [0.5, 0.6) is 0 Å². The number of hydrogen-bond donors (Lipinski definition) is 1. The minimum absolute atomic E-state index is 0.110. The maximum Gasteiger partial charge on any atom is 0.335 e. The Labute approximate surface area is 190 Å². The second-order valence-corrected chi connectivity index (χ2v) is 8.25. The van der Waals surface area contributed by atoms with Crippen molar-refractivity contribution in [2.45, 2.75) is 13.8 Å². The molecule has 0 unspecified atom stereocenters. The molecule has 0 bridgehead atoms. The fourth-order valence-corrected chi connectivity index (χ4v) is 3.87. The topological polar surface area (TPSA) is 95.2 Å². The molecule has 0 aliphatic carbocycles. The fourth-order valence-electron chi connectivity index (χ4n) is 3.87. The van der Waals surface area contributed by atoms with Crippen molar-refractivity contribution in [2.75, 3.05) is 24.0 Å². The molecule has 0 fully saturated rings. The average Bonchev–Trinajstić information content (AvgIpc) is 3.13. The molecule has 0 saturated heterocycles. The molecular formula is C25H24N4O4. The molecule has 0 atom stereocenters. The monoisotopic (exact) mass is 444 g/mol. The Balaban J connectivity index is 1.85. The number of carboxylic acid groups (broad SMARTS) is 1. The third-order valence-electron chi connectivity index (χ3n) is 5.88. The minimum Gasteiger partial charge on any atom is -0.478 e. The summed E-state index contributed by atoms with van der Waals surface area (Å²) in [6.07, 6.45) is 1.81. The van der Waals surface area contributed by atoms with Crippen molar-refractivity contribution in [1.29, 1.82) is 0 Å². The summed E-state index contributed by atoms with van der Waals surface area (Å²) in [4.78, 5) is 39.6. The number of pyridine rings is 1. The quantitative estimate of drug-likeness (QED) is 0.662. The second-order valence-electron chi connectivity index (χ2n) is 8.25. The number of aromatic carboxylic acids is 1. The molecule has 1 amide bonds. The molecule has 3 aromatic rings. The number of carboxylic acids is 1. The summed E-state index contributed by atoms with van der Waals surface area (Å²) >= 11 is 0. The van der Waals surface area contributed by atoms with E-state index >= 15 is 0 Å². The fraction of sp³-hybridized carbons (Fsp3) is 0.200. The van der Waals surface area contributed by atoms with Gasteiger partial charge in [0, 0.05) is 32.0 Å². The number of aryl methyl sites for hydroxylation is 1. The Kier molecular flexibility index (Phi) is 5.37. The predicted molar refractivity (Wildman–Crippen MR) is 126 cm³/mol. The molecule has 1 aliphatic rings. The number of carbonyl (C=O) groups excluding carboxylic acids is 1. The first kappa shape index (κ1) is 22.0. The summed E-state index contributed by atoms with van der Waals surface area (Å²) in [5.41, 5.74) is 4.44. The third-order valence-corrected chi connectivity index (χ3v) is 5.88. The molecule has 1 N–H and O–H groups in total. The molecule has 1 aliphatic heterocycles. The van der Waals surface area contributed by atoms with E-state index in [4.69, 9.17) is 5.11 Å². The summed E-state index contributed by atoms with van der Waals surface area (Å²) < 4.78 is 1.38. The average molecular weight is 444 g/mol. The van der Waals surface area contributed by atoms with E-state index in [1.54, 1.807) is 14.0 Å². The van der Waals surface area contributed by atoms with Crippen molar-refractivity contribution in [3.05, 3.63) is 91.3 Å². The lowest BCUT2D eigenvalue weighted by molar-refractivity contribution is 0.0696. The molecule has 4 rings (SSSR count). The Bertz CT molecular complexity index is 1480. The molecule has 0 radical (unpaired) electrons. The van der Waals surface area contributed by atoms with E-state index in [-0.39, 0.29) is 22.5 Å². The van der Waals surface area contributed by atoms with Crippen LogP contribution in [-0.4, -0.2) is 35.6 Å². The van der Waals surface area contributed by atoms with Gasteiger partial charge in [0.1, 0.15) is 0 Å². The van der Waals surface area contributed by atoms with Crippen LogP contribution in [0.15, 0.2) is 52.4 Å². The van der Waals surface area contributed by atoms with Crippen molar-refractivity contribution in [2.24, 2.45) is 12.1 Å². The maximum atomic E-state index is 13.3. The van der Waals surface area contributed by atoms with Crippen LogP contribution in [0.3, 0.4) is 0 Å². The SMILES string of the molecule is Cc1cc(N(C)C)ccc1/C=c1/c(C)c2c(n(C)c1=O)=NN(c1ccc(C(=O)O)cc1)C2=O. The number of rotatable bonds is 4. The van der Waals surface area contributed by atoms with Gasteiger partial charge < -0.3 is 10.0 Å². The lowest BCUT2D eigenvalue weighted by atomic mass is 10.0. The zero-order valence-corrected chi connectivity index (χ0v) is 19.1. The van der Waals surface area contributed by atoms with E-state index in [1.165, 1.54) is 33.8 Å². The number of carbonyl (C=O) groups is 2. The normalized spacial score (nSPS) is 13.2. The van der Waals surface area contributed by atoms with Crippen LogP contribution < -0.4 is 26.2 Å². The van der Waals surface area contributed by atoms with Gasteiger partial charge in [0.25, 0.3) is 11.5 Å². The van der Waals surface area contributed by atoms with Crippen molar-refractivity contribution in [3.8, 4) is 0 Å². The molecule has 2 aromatic carbocycles. The highest BCUT2D eigenvalue weighted by atomic mass is 16.4.